The molecular weight excluding hydrogens is 220 g/mol. The molecular formula is C14H9F2N. The third-order valence-corrected chi connectivity index (χ3v) is 2.51. The Labute approximate surface area is 97.9 Å². The lowest BCUT2D eigenvalue weighted by Crippen LogP contribution is -1.91. The highest BCUT2D eigenvalue weighted by atomic mass is 19.1. The quantitative estimate of drug-likeness (QED) is 0.729. The molecule has 0 fully saturated rings. The van der Waals surface area contributed by atoms with Gasteiger partial charge in [-0.3, -0.25) is 0 Å². The number of rotatable bonds is 1. The standard InChI is InChI=1S/C14H9F2N/c1-9-2-5-14(16)13(6-9)12-7-11(15)4-3-10(12)8-17/h2-7H,1H3. The first kappa shape index (κ1) is 11.3. The highest BCUT2D eigenvalue weighted by molar-refractivity contribution is 5.71. The zero-order valence-corrected chi connectivity index (χ0v) is 9.17. The minimum absolute atomic E-state index is 0.251. The molecule has 0 heterocycles. The van der Waals surface area contributed by atoms with Crippen molar-refractivity contribution in [3.8, 4) is 17.2 Å². The average molecular weight is 229 g/mol. The number of hydrogen-bond acceptors (Lipinski definition) is 1. The topological polar surface area (TPSA) is 23.8 Å². The molecule has 2 aromatic carbocycles. The van der Waals surface area contributed by atoms with E-state index in [9.17, 15) is 8.78 Å². The van der Waals surface area contributed by atoms with Gasteiger partial charge in [0.1, 0.15) is 11.6 Å². The van der Waals surface area contributed by atoms with Crippen molar-refractivity contribution in [2.75, 3.05) is 0 Å². The minimum atomic E-state index is -0.486. The fourth-order valence-corrected chi connectivity index (χ4v) is 1.68. The third-order valence-electron chi connectivity index (χ3n) is 2.51. The zero-order valence-electron chi connectivity index (χ0n) is 9.17. The van der Waals surface area contributed by atoms with Crippen LogP contribution in [-0.4, -0.2) is 0 Å². The van der Waals surface area contributed by atoms with Crippen molar-refractivity contribution in [3.05, 3.63) is 59.2 Å². The molecule has 84 valence electrons. The summed E-state index contributed by atoms with van der Waals surface area (Å²) < 4.78 is 26.8. The van der Waals surface area contributed by atoms with Gasteiger partial charge in [0, 0.05) is 11.1 Å². The second-order valence-electron chi connectivity index (χ2n) is 3.79. The fourth-order valence-electron chi connectivity index (χ4n) is 1.68. The predicted molar refractivity (Wildman–Crippen MR) is 61.2 cm³/mol. The Hall–Kier alpha value is -2.21. The highest BCUT2D eigenvalue weighted by Crippen LogP contribution is 2.27. The van der Waals surface area contributed by atoms with E-state index in [0.717, 1.165) is 5.56 Å². The molecule has 17 heavy (non-hydrogen) atoms. The van der Waals surface area contributed by atoms with Crippen LogP contribution < -0.4 is 0 Å². The summed E-state index contributed by atoms with van der Waals surface area (Å²) in [4.78, 5) is 0. The van der Waals surface area contributed by atoms with Gasteiger partial charge in [-0.2, -0.15) is 5.26 Å². The molecule has 2 rings (SSSR count). The molecule has 2 aromatic rings. The van der Waals surface area contributed by atoms with Gasteiger partial charge in [-0.1, -0.05) is 11.6 Å². The van der Waals surface area contributed by atoms with Crippen LogP contribution in [0.2, 0.25) is 0 Å². The molecule has 0 N–H and O–H groups in total. The van der Waals surface area contributed by atoms with Crippen LogP contribution in [0.1, 0.15) is 11.1 Å². The first-order chi connectivity index (χ1) is 8.11. The van der Waals surface area contributed by atoms with Crippen LogP contribution in [0.5, 0.6) is 0 Å². The summed E-state index contributed by atoms with van der Waals surface area (Å²) in [5.74, 6) is -0.947. The van der Waals surface area contributed by atoms with Gasteiger partial charge in [-0.25, -0.2) is 8.78 Å². The minimum Gasteiger partial charge on any atom is -0.207 e. The first-order valence-electron chi connectivity index (χ1n) is 5.08. The summed E-state index contributed by atoms with van der Waals surface area (Å²) in [5, 5.41) is 8.94. The van der Waals surface area contributed by atoms with Gasteiger partial charge in [0.2, 0.25) is 0 Å². The van der Waals surface area contributed by atoms with Crippen LogP contribution in [0.3, 0.4) is 0 Å². The summed E-state index contributed by atoms with van der Waals surface area (Å²) in [5.41, 5.74) is 1.65. The van der Waals surface area contributed by atoms with E-state index in [4.69, 9.17) is 5.26 Å². The summed E-state index contributed by atoms with van der Waals surface area (Å²) in [6, 6.07) is 10.2. The number of aryl methyl sites for hydroxylation is 1. The van der Waals surface area contributed by atoms with Crippen LogP contribution in [-0.2, 0) is 0 Å². The lowest BCUT2D eigenvalue weighted by molar-refractivity contribution is 0.624. The summed E-state index contributed by atoms with van der Waals surface area (Å²) in [7, 11) is 0. The molecule has 0 radical (unpaired) electrons. The Kier molecular flexibility index (Phi) is 2.88. The molecule has 0 amide bonds. The second kappa shape index (κ2) is 4.34. The molecule has 0 aromatic heterocycles. The van der Waals surface area contributed by atoms with Gasteiger partial charge in [-0.05, 0) is 37.3 Å². The molecule has 0 saturated carbocycles. The van der Waals surface area contributed by atoms with Gasteiger partial charge in [0.05, 0.1) is 11.6 Å². The van der Waals surface area contributed by atoms with E-state index in [1.165, 1.54) is 24.3 Å². The number of halogens is 2. The van der Waals surface area contributed by atoms with Gasteiger partial charge in [-0.15, -0.1) is 0 Å². The Morgan fingerprint density at radius 3 is 2.47 bits per heavy atom. The molecule has 0 saturated heterocycles. The highest BCUT2D eigenvalue weighted by Gasteiger charge is 2.11. The smallest absolute Gasteiger partial charge is 0.131 e. The zero-order chi connectivity index (χ0) is 12.4. The van der Waals surface area contributed by atoms with Crippen LogP contribution in [0.25, 0.3) is 11.1 Å². The van der Waals surface area contributed by atoms with E-state index < -0.39 is 11.6 Å². The summed E-state index contributed by atoms with van der Waals surface area (Å²) in [6.45, 7) is 1.81. The van der Waals surface area contributed by atoms with E-state index in [0.29, 0.717) is 0 Å². The van der Waals surface area contributed by atoms with Crippen molar-refractivity contribution in [2.45, 2.75) is 6.92 Å². The van der Waals surface area contributed by atoms with E-state index in [2.05, 4.69) is 0 Å². The first-order valence-corrected chi connectivity index (χ1v) is 5.08. The van der Waals surface area contributed by atoms with E-state index in [1.54, 1.807) is 12.1 Å². The maximum atomic E-state index is 13.7. The molecule has 0 unspecified atom stereocenters. The lowest BCUT2D eigenvalue weighted by Gasteiger charge is -2.07. The van der Waals surface area contributed by atoms with E-state index in [1.807, 2.05) is 13.0 Å². The van der Waals surface area contributed by atoms with E-state index >= 15 is 0 Å². The molecule has 0 aliphatic carbocycles. The Morgan fingerprint density at radius 1 is 1.00 bits per heavy atom. The normalized spacial score (nSPS) is 10.0. The van der Waals surface area contributed by atoms with Gasteiger partial charge < -0.3 is 0 Å². The van der Waals surface area contributed by atoms with Crippen LogP contribution in [0.15, 0.2) is 36.4 Å². The molecule has 0 aliphatic rings. The molecule has 3 heteroatoms. The monoisotopic (exact) mass is 229 g/mol. The maximum Gasteiger partial charge on any atom is 0.131 e. The molecule has 0 spiro atoms. The Morgan fingerprint density at radius 2 is 1.76 bits per heavy atom. The predicted octanol–water partition coefficient (Wildman–Crippen LogP) is 3.81. The van der Waals surface area contributed by atoms with Crippen LogP contribution in [0.4, 0.5) is 8.78 Å². The van der Waals surface area contributed by atoms with Crippen LogP contribution >= 0.6 is 0 Å². The van der Waals surface area contributed by atoms with Crippen LogP contribution in [0, 0.1) is 29.9 Å². The molecule has 0 aliphatic heterocycles. The second-order valence-corrected chi connectivity index (χ2v) is 3.79. The van der Waals surface area contributed by atoms with Gasteiger partial charge >= 0.3 is 0 Å². The van der Waals surface area contributed by atoms with Crippen molar-refractivity contribution in [3.63, 3.8) is 0 Å². The largest absolute Gasteiger partial charge is 0.207 e. The summed E-state index contributed by atoms with van der Waals surface area (Å²) >= 11 is 0. The van der Waals surface area contributed by atoms with Crippen molar-refractivity contribution < 1.29 is 8.78 Å². The molecule has 0 atom stereocenters. The lowest BCUT2D eigenvalue weighted by atomic mass is 9.98. The average Bonchev–Trinajstić information content (AvgIpc) is 2.32. The van der Waals surface area contributed by atoms with Gasteiger partial charge in [0.25, 0.3) is 0 Å². The molecule has 1 nitrogen and oxygen atoms in total. The third kappa shape index (κ3) is 2.16. The van der Waals surface area contributed by atoms with Gasteiger partial charge in [0.15, 0.2) is 0 Å². The number of nitriles is 1. The maximum absolute atomic E-state index is 13.7. The number of benzene rings is 2. The van der Waals surface area contributed by atoms with Crippen molar-refractivity contribution in [1.82, 2.24) is 0 Å². The van der Waals surface area contributed by atoms with Crippen molar-refractivity contribution in [1.29, 1.82) is 5.26 Å². The van der Waals surface area contributed by atoms with E-state index in [-0.39, 0.29) is 16.7 Å². The Bertz CT molecular complexity index is 612. The molecule has 0 bridgehead atoms. The van der Waals surface area contributed by atoms with Crippen molar-refractivity contribution >= 4 is 0 Å². The van der Waals surface area contributed by atoms with Crippen molar-refractivity contribution in [2.24, 2.45) is 0 Å². The Balaban J connectivity index is 2.72. The SMILES string of the molecule is Cc1ccc(F)c(-c2cc(F)ccc2C#N)c1. The number of nitrogens with zero attached hydrogens (tertiary/aromatic N) is 1. The fraction of sp³-hybridized carbons (Fsp3) is 0.0714. The summed E-state index contributed by atoms with van der Waals surface area (Å²) in [6.07, 6.45) is 0. The number of hydrogen-bond donors (Lipinski definition) is 0.